The second-order valence-electron chi connectivity index (χ2n) is 3.40. The molecule has 0 spiro atoms. The van der Waals surface area contributed by atoms with Gasteiger partial charge in [0.25, 0.3) is 0 Å². The first-order valence-corrected chi connectivity index (χ1v) is 4.49. The molecule has 1 saturated carbocycles. The van der Waals surface area contributed by atoms with Crippen LogP contribution in [0.3, 0.4) is 0 Å². The first kappa shape index (κ1) is 10.1. The summed E-state index contributed by atoms with van der Waals surface area (Å²) in [5.41, 5.74) is 0. The molecular weight excluding hydrogens is 168 g/mol. The maximum absolute atomic E-state index is 11.2. The first-order valence-electron chi connectivity index (χ1n) is 4.49. The zero-order chi connectivity index (χ0) is 9.84. The van der Waals surface area contributed by atoms with E-state index in [1.807, 2.05) is 0 Å². The summed E-state index contributed by atoms with van der Waals surface area (Å²) in [4.78, 5) is 11.2. The summed E-state index contributed by atoms with van der Waals surface area (Å²) < 4.78 is 9.74. The van der Waals surface area contributed by atoms with Gasteiger partial charge in [-0.15, -0.1) is 0 Å². The summed E-state index contributed by atoms with van der Waals surface area (Å²) in [5.74, 6) is 1.05. The van der Waals surface area contributed by atoms with Gasteiger partial charge in [0.15, 0.2) is 0 Å². The molecule has 74 valence electrons. The average molecular weight is 184 g/mol. The van der Waals surface area contributed by atoms with Crippen molar-refractivity contribution in [2.24, 2.45) is 11.8 Å². The third-order valence-electron chi connectivity index (χ3n) is 2.68. The molecule has 1 aliphatic carbocycles. The Morgan fingerprint density at radius 3 is 2.38 bits per heavy atom. The van der Waals surface area contributed by atoms with Gasteiger partial charge in [-0.2, -0.15) is 0 Å². The molecule has 0 aromatic heterocycles. The van der Waals surface area contributed by atoms with Gasteiger partial charge in [-0.05, 0) is 19.3 Å². The van der Waals surface area contributed by atoms with E-state index in [2.05, 4.69) is 11.3 Å². The zero-order valence-corrected chi connectivity index (χ0v) is 8.21. The highest BCUT2D eigenvalue weighted by Gasteiger charge is 2.32. The largest absolute Gasteiger partial charge is 0.501 e. The van der Waals surface area contributed by atoms with Gasteiger partial charge in [0.1, 0.15) is 0 Å². The van der Waals surface area contributed by atoms with Crippen LogP contribution >= 0.6 is 0 Å². The van der Waals surface area contributed by atoms with E-state index >= 15 is 0 Å². The van der Waals surface area contributed by atoms with Gasteiger partial charge in [0.2, 0.25) is 0 Å². The van der Waals surface area contributed by atoms with E-state index in [4.69, 9.17) is 4.74 Å². The maximum atomic E-state index is 11.2. The van der Waals surface area contributed by atoms with E-state index < -0.39 is 0 Å². The highest BCUT2D eigenvalue weighted by Crippen LogP contribution is 2.35. The number of hydrogen-bond donors (Lipinski definition) is 0. The molecule has 3 nitrogen and oxygen atoms in total. The van der Waals surface area contributed by atoms with Crippen LogP contribution in [-0.4, -0.2) is 20.2 Å². The number of carbonyl (C=O) groups is 1. The minimum absolute atomic E-state index is 0.0434. The number of methoxy groups -OCH3 is 2. The van der Waals surface area contributed by atoms with Gasteiger partial charge in [-0.1, -0.05) is 6.58 Å². The standard InChI is InChI=1S/C10H16O3/c1-7(12-2)8-4-5-9(6-8)10(11)13-3/h8-9H,1,4-6H2,2-3H3. The van der Waals surface area contributed by atoms with Crippen molar-refractivity contribution >= 4 is 5.97 Å². The SMILES string of the molecule is C=C(OC)C1CCC(C(=O)OC)C1. The molecule has 2 atom stereocenters. The Bertz CT molecular complexity index is 188. The summed E-state index contributed by atoms with van der Waals surface area (Å²) in [5, 5.41) is 0. The highest BCUT2D eigenvalue weighted by molar-refractivity contribution is 5.72. The fourth-order valence-electron chi connectivity index (χ4n) is 1.82. The Morgan fingerprint density at radius 2 is 1.85 bits per heavy atom. The molecule has 0 aliphatic heterocycles. The number of ether oxygens (including phenoxy) is 2. The predicted octanol–water partition coefficient (Wildman–Crippen LogP) is 1.74. The molecule has 0 heterocycles. The lowest BCUT2D eigenvalue weighted by Gasteiger charge is -2.11. The summed E-state index contributed by atoms with van der Waals surface area (Å²) in [6.07, 6.45) is 2.69. The number of allylic oxidation sites excluding steroid dienone is 1. The van der Waals surface area contributed by atoms with Gasteiger partial charge < -0.3 is 9.47 Å². The molecule has 0 aromatic rings. The van der Waals surface area contributed by atoms with Gasteiger partial charge in [0, 0.05) is 5.92 Å². The summed E-state index contributed by atoms with van der Waals surface area (Å²) in [6, 6.07) is 0. The molecule has 1 aliphatic rings. The van der Waals surface area contributed by atoms with Crippen molar-refractivity contribution in [3.05, 3.63) is 12.3 Å². The van der Waals surface area contributed by atoms with Crippen LogP contribution in [0.5, 0.6) is 0 Å². The number of hydrogen-bond acceptors (Lipinski definition) is 3. The molecule has 13 heavy (non-hydrogen) atoms. The number of esters is 1. The fraction of sp³-hybridized carbons (Fsp3) is 0.700. The molecule has 0 amide bonds. The average Bonchev–Trinajstić information content (AvgIpc) is 2.64. The van der Waals surface area contributed by atoms with Crippen LogP contribution in [-0.2, 0) is 14.3 Å². The maximum Gasteiger partial charge on any atom is 0.308 e. The first-order chi connectivity index (χ1) is 6.19. The van der Waals surface area contributed by atoms with Gasteiger partial charge in [0.05, 0.1) is 25.9 Å². The summed E-state index contributed by atoms with van der Waals surface area (Å²) in [6.45, 7) is 3.80. The van der Waals surface area contributed by atoms with Crippen molar-refractivity contribution in [1.29, 1.82) is 0 Å². The van der Waals surface area contributed by atoms with Crippen molar-refractivity contribution in [1.82, 2.24) is 0 Å². The quantitative estimate of drug-likeness (QED) is 0.495. The van der Waals surface area contributed by atoms with E-state index in [-0.39, 0.29) is 11.9 Å². The van der Waals surface area contributed by atoms with Crippen LogP contribution in [0.2, 0.25) is 0 Å². The van der Waals surface area contributed by atoms with Crippen LogP contribution < -0.4 is 0 Å². The van der Waals surface area contributed by atoms with Gasteiger partial charge >= 0.3 is 5.97 Å². The second kappa shape index (κ2) is 4.30. The number of rotatable bonds is 3. The molecular formula is C10H16O3. The normalized spacial score (nSPS) is 26.9. The Morgan fingerprint density at radius 1 is 1.23 bits per heavy atom. The van der Waals surface area contributed by atoms with Crippen LogP contribution in [0.1, 0.15) is 19.3 Å². The lowest BCUT2D eigenvalue weighted by atomic mass is 10.0. The Balaban J connectivity index is 2.44. The summed E-state index contributed by atoms with van der Waals surface area (Å²) in [7, 11) is 3.05. The van der Waals surface area contributed by atoms with Crippen LogP contribution in [0, 0.1) is 11.8 Å². The lowest BCUT2D eigenvalue weighted by Crippen LogP contribution is -2.13. The number of carbonyl (C=O) groups excluding carboxylic acids is 1. The molecule has 1 rings (SSSR count). The minimum Gasteiger partial charge on any atom is -0.501 e. The minimum atomic E-state index is -0.105. The fourth-order valence-corrected chi connectivity index (χ4v) is 1.82. The molecule has 1 fully saturated rings. The van der Waals surface area contributed by atoms with Crippen molar-refractivity contribution in [3.8, 4) is 0 Å². The Kier molecular flexibility index (Phi) is 3.34. The Labute approximate surface area is 78.7 Å². The van der Waals surface area contributed by atoms with E-state index in [0.29, 0.717) is 5.92 Å². The summed E-state index contributed by atoms with van der Waals surface area (Å²) >= 11 is 0. The highest BCUT2D eigenvalue weighted by atomic mass is 16.5. The monoisotopic (exact) mass is 184 g/mol. The molecule has 0 bridgehead atoms. The van der Waals surface area contributed by atoms with Gasteiger partial charge in [-0.3, -0.25) is 4.79 Å². The van der Waals surface area contributed by atoms with E-state index in [0.717, 1.165) is 25.0 Å². The van der Waals surface area contributed by atoms with Crippen LogP contribution in [0.15, 0.2) is 12.3 Å². The molecule has 0 radical (unpaired) electrons. The van der Waals surface area contributed by atoms with Crippen molar-refractivity contribution in [2.75, 3.05) is 14.2 Å². The topological polar surface area (TPSA) is 35.5 Å². The van der Waals surface area contributed by atoms with Crippen molar-refractivity contribution in [2.45, 2.75) is 19.3 Å². The van der Waals surface area contributed by atoms with Crippen LogP contribution in [0.25, 0.3) is 0 Å². The third-order valence-corrected chi connectivity index (χ3v) is 2.68. The van der Waals surface area contributed by atoms with Crippen molar-refractivity contribution in [3.63, 3.8) is 0 Å². The molecule has 0 saturated heterocycles. The smallest absolute Gasteiger partial charge is 0.308 e. The third kappa shape index (κ3) is 2.23. The predicted molar refractivity (Wildman–Crippen MR) is 49.0 cm³/mol. The van der Waals surface area contributed by atoms with E-state index in [1.165, 1.54) is 7.11 Å². The molecule has 0 aromatic carbocycles. The Hall–Kier alpha value is -0.990. The molecule has 0 N–H and O–H groups in total. The molecule has 2 unspecified atom stereocenters. The zero-order valence-electron chi connectivity index (χ0n) is 8.21. The lowest BCUT2D eigenvalue weighted by molar-refractivity contribution is -0.145. The van der Waals surface area contributed by atoms with E-state index in [9.17, 15) is 4.79 Å². The van der Waals surface area contributed by atoms with Gasteiger partial charge in [-0.25, -0.2) is 0 Å². The van der Waals surface area contributed by atoms with Crippen molar-refractivity contribution < 1.29 is 14.3 Å². The molecule has 3 heteroatoms. The van der Waals surface area contributed by atoms with E-state index in [1.54, 1.807) is 7.11 Å². The second-order valence-corrected chi connectivity index (χ2v) is 3.40. The van der Waals surface area contributed by atoms with Crippen LogP contribution in [0.4, 0.5) is 0 Å².